The Bertz CT molecular complexity index is 1410. The van der Waals surface area contributed by atoms with E-state index in [0.29, 0.717) is 51.5 Å². The number of nitrogens with one attached hydrogen (secondary N) is 2. The molecule has 1 atom stereocenters. The summed E-state index contributed by atoms with van der Waals surface area (Å²) in [6, 6.07) is 8.97. The van der Waals surface area contributed by atoms with Gasteiger partial charge in [-0.3, -0.25) is 14.2 Å². The van der Waals surface area contributed by atoms with Crippen LogP contribution in [0.1, 0.15) is 35.8 Å². The maximum atomic E-state index is 13.5. The molecule has 1 saturated heterocycles. The molecule has 1 fully saturated rings. The lowest BCUT2D eigenvalue weighted by molar-refractivity contribution is -0.124. The fourth-order valence-electron chi connectivity index (χ4n) is 3.90. The van der Waals surface area contributed by atoms with Gasteiger partial charge in [0.05, 0.1) is 16.6 Å². The van der Waals surface area contributed by atoms with E-state index in [9.17, 15) is 14.4 Å². The molecule has 2 aromatic carbocycles. The molecule has 1 aliphatic heterocycles. The minimum Gasteiger partial charge on any atom is -0.331 e. The normalized spacial score (nSPS) is 16.1. The first kappa shape index (κ1) is 23.3. The molecule has 174 valence electrons. The van der Waals surface area contributed by atoms with Gasteiger partial charge in [-0.05, 0) is 56.0 Å². The summed E-state index contributed by atoms with van der Waals surface area (Å²) in [5.41, 5.74) is 2.69. The van der Waals surface area contributed by atoms with Crippen LogP contribution in [-0.4, -0.2) is 21.5 Å². The molecule has 0 saturated carbocycles. The number of allylic oxidation sites excluding steroid dienone is 1. The van der Waals surface area contributed by atoms with Crippen molar-refractivity contribution in [1.82, 2.24) is 20.2 Å². The molecule has 1 aliphatic rings. The van der Waals surface area contributed by atoms with Gasteiger partial charge in [0.25, 0.3) is 5.56 Å². The Morgan fingerprint density at radius 2 is 2.09 bits per heavy atom. The average molecular weight is 479 g/mol. The van der Waals surface area contributed by atoms with E-state index >= 15 is 0 Å². The Balaban J connectivity index is 1.59. The van der Waals surface area contributed by atoms with Crippen LogP contribution in [0.2, 0.25) is 5.02 Å². The van der Waals surface area contributed by atoms with Crippen LogP contribution in [0.15, 0.2) is 63.7 Å². The van der Waals surface area contributed by atoms with Crippen molar-refractivity contribution in [1.29, 1.82) is 0 Å². The molecule has 0 spiro atoms. The SMILES string of the molecule is C=C1CCC(n2c(C)nc3cccc(CNC(=O)N=Nc4ccc(C)c(Cl)c4)c3c2=O)C(=O)N1. The van der Waals surface area contributed by atoms with Crippen molar-refractivity contribution in [3.63, 3.8) is 0 Å². The molecular weight excluding hydrogens is 456 g/mol. The highest BCUT2D eigenvalue weighted by molar-refractivity contribution is 6.31. The van der Waals surface area contributed by atoms with Gasteiger partial charge in [0.2, 0.25) is 5.91 Å². The Hall–Kier alpha value is -3.85. The predicted octanol–water partition coefficient (Wildman–Crippen LogP) is 4.63. The second-order valence-electron chi connectivity index (χ2n) is 8.08. The van der Waals surface area contributed by atoms with E-state index in [1.165, 1.54) is 4.57 Å². The zero-order valence-corrected chi connectivity index (χ0v) is 19.5. The van der Waals surface area contributed by atoms with Crippen molar-refractivity contribution in [2.45, 2.75) is 39.3 Å². The van der Waals surface area contributed by atoms with Crippen LogP contribution in [0, 0.1) is 13.8 Å². The Morgan fingerprint density at radius 3 is 2.82 bits per heavy atom. The van der Waals surface area contributed by atoms with Crippen LogP contribution < -0.4 is 16.2 Å². The quantitative estimate of drug-likeness (QED) is 0.531. The monoisotopic (exact) mass is 478 g/mol. The first-order valence-electron chi connectivity index (χ1n) is 10.7. The molecule has 0 aliphatic carbocycles. The average Bonchev–Trinajstić information content (AvgIpc) is 2.79. The van der Waals surface area contributed by atoms with Gasteiger partial charge in [-0.2, -0.15) is 0 Å². The van der Waals surface area contributed by atoms with Gasteiger partial charge in [0, 0.05) is 17.3 Å². The van der Waals surface area contributed by atoms with Gasteiger partial charge >= 0.3 is 6.03 Å². The van der Waals surface area contributed by atoms with Gasteiger partial charge in [-0.1, -0.05) is 41.5 Å². The van der Waals surface area contributed by atoms with Gasteiger partial charge in [-0.15, -0.1) is 5.11 Å². The molecule has 3 aromatic rings. The maximum Gasteiger partial charge on any atom is 0.359 e. The molecule has 1 unspecified atom stereocenters. The summed E-state index contributed by atoms with van der Waals surface area (Å²) in [5, 5.41) is 13.8. The van der Waals surface area contributed by atoms with Crippen LogP contribution in [-0.2, 0) is 11.3 Å². The first-order valence-corrected chi connectivity index (χ1v) is 11.1. The van der Waals surface area contributed by atoms with Crippen LogP contribution in [0.4, 0.5) is 10.5 Å². The molecule has 10 heteroatoms. The number of halogens is 1. The Kier molecular flexibility index (Phi) is 6.56. The van der Waals surface area contributed by atoms with Crippen molar-refractivity contribution >= 4 is 40.1 Å². The highest BCUT2D eigenvalue weighted by Gasteiger charge is 2.28. The van der Waals surface area contributed by atoms with Crippen molar-refractivity contribution < 1.29 is 9.59 Å². The van der Waals surface area contributed by atoms with Crippen molar-refractivity contribution in [2.75, 3.05) is 0 Å². The van der Waals surface area contributed by atoms with Crippen molar-refractivity contribution in [3.8, 4) is 0 Å². The van der Waals surface area contributed by atoms with E-state index in [2.05, 4.69) is 32.4 Å². The third kappa shape index (κ3) is 4.74. The van der Waals surface area contributed by atoms with E-state index < -0.39 is 12.1 Å². The van der Waals surface area contributed by atoms with Crippen LogP contribution >= 0.6 is 11.6 Å². The number of benzene rings is 2. The molecule has 2 N–H and O–H groups in total. The Labute approximate surface area is 200 Å². The fourth-order valence-corrected chi connectivity index (χ4v) is 4.07. The zero-order valence-electron chi connectivity index (χ0n) is 18.8. The number of hydrogen-bond acceptors (Lipinski definition) is 5. The number of hydrogen-bond donors (Lipinski definition) is 2. The third-order valence-corrected chi connectivity index (χ3v) is 6.08. The topological polar surface area (TPSA) is 118 Å². The molecule has 34 heavy (non-hydrogen) atoms. The summed E-state index contributed by atoms with van der Waals surface area (Å²) < 4.78 is 1.41. The number of piperidine rings is 1. The lowest BCUT2D eigenvalue weighted by Gasteiger charge is -2.26. The lowest BCUT2D eigenvalue weighted by atomic mass is 10.0. The number of nitrogens with zero attached hydrogens (tertiary/aromatic N) is 4. The fraction of sp³-hybridized carbons (Fsp3) is 0.250. The second-order valence-corrected chi connectivity index (χ2v) is 8.49. The standard InChI is InChI=1S/C24H23ClN6O3/c1-13-7-9-17(11-18(13)25)29-30-24(34)26-12-16-5-4-6-19-21(16)23(33)31(15(3)28-19)20-10-8-14(2)27-22(20)32/h4-7,9,11,20H,2,8,10,12H2,1,3H3,(H,26,34)(H,27,32). The number of urea groups is 1. The minimum atomic E-state index is -0.673. The molecule has 0 radical (unpaired) electrons. The highest BCUT2D eigenvalue weighted by Crippen LogP contribution is 2.24. The predicted molar refractivity (Wildman–Crippen MR) is 129 cm³/mol. The number of carbonyl (C=O) groups is 2. The summed E-state index contributed by atoms with van der Waals surface area (Å²) in [5.74, 6) is 0.155. The van der Waals surface area contributed by atoms with Crippen LogP contribution in [0.25, 0.3) is 10.9 Å². The van der Waals surface area contributed by atoms with Gasteiger partial charge < -0.3 is 10.6 Å². The number of rotatable bonds is 4. The molecule has 2 heterocycles. The number of carbonyl (C=O) groups excluding carboxylic acids is 2. The van der Waals surface area contributed by atoms with E-state index in [4.69, 9.17) is 11.6 Å². The van der Waals surface area contributed by atoms with Crippen LogP contribution in [0.3, 0.4) is 0 Å². The summed E-state index contributed by atoms with van der Waals surface area (Å²) in [6.07, 6.45) is 1.04. The minimum absolute atomic E-state index is 0.0392. The van der Waals surface area contributed by atoms with E-state index in [1.807, 2.05) is 6.92 Å². The van der Waals surface area contributed by atoms with Gasteiger partial charge in [-0.25, -0.2) is 9.78 Å². The molecular formula is C24H23ClN6O3. The molecule has 0 bridgehead atoms. The van der Waals surface area contributed by atoms with Crippen molar-refractivity contribution in [2.24, 2.45) is 10.2 Å². The van der Waals surface area contributed by atoms with E-state index in [0.717, 1.165) is 5.56 Å². The zero-order chi connectivity index (χ0) is 24.4. The summed E-state index contributed by atoms with van der Waals surface area (Å²) in [7, 11) is 0. The number of aromatic nitrogens is 2. The summed E-state index contributed by atoms with van der Waals surface area (Å²) in [6.45, 7) is 7.39. The molecule has 9 nitrogen and oxygen atoms in total. The maximum absolute atomic E-state index is 13.5. The smallest absolute Gasteiger partial charge is 0.331 e. The first-order chi connectivity index (χ1) is 16.2. The Morgan fingerprint density at radius 1 is 1.29 bits per heavy atom. The van der Waals surface area contributed by atoms with Gasteiger partial charge in [0.15, 0.2) is 0 Å². The number of fused-ring (bicyclic) bond motifs is 1. The lowest BCUT2D eigenvalue weighted by Crippen LogP contribution is -2.41. The molecule has 1 aromatic heterocycles. The van der Waals surface area contributed by atoms with E-state index in [-0.39, 0.29) is 18.0 Å². The second kappa shape index (κ2) is 9.56. The summed E-state index contributed by atoms with van der Waals surface area (Å²) >= 11 is 6.07. The number of amides is 3. The van der Waals surface area contributed by atoms with Gasteiger partial charge in [0.1, 0.15) is 11.9 Å². The summed E-state index contributed by atoms with van der Waals surface area (Å²) in [4.78, 5) is 42.8. The molecule has 4 rings (SSSR count). The largest absolute Gasteiger partial charge is 0.359 e. The van der Waals surface area contributed by atoms with Crippen molar-refractivity contribution in [3.05, 3.63) is 81.0 Å². The molecule has 3 amide bonds. The van der Waals surface area contributed by atoms with E-state index in [1.54, 1.807) is 43.3 Å². The third-order valence-electron chi connectivity index (χ3n) is 5.67. The number of azo groups is 1. The number of aryl methyl sites for hydroxylation is 2. The highest BCUT2D eigenvalue weighted by atomic mass is 35.5. The van der Waals surface area contributed by atoms with Crippen LogP contribution in [0.5, 0.6) is 0 Å².